The normalized spacial score (nSPS) is 18.9. The Labute approximate surface area is 173 Å². The number of primary sulfonamides is 1. The van der Waals surface area contributed by atoms with Gasteiger partial charge in [0.2, 0.25) is 10.0 Å². The van der Waals surface area contributed by atoms with Gasteiger partial charge in [0.1, 0.15) is 0 Å². The van der Waals surface area contributed by atoms with Crippen molar-refractivity contribution in [1.82, 2.24) is 15.5 Å². The van der Waals surface area contributed by atoms with Crippen molar-refractivity contribution >= 4 is 40.0 Å². The molecule has 0 spiro atoms. The Kier molecular flexibility index (Phi) is 8.76. The molecule has 0 bridgehead atoms. The van der Waals surface area contributed by atoms with E-state index in [1.165, 1.54) is 17.0 Å². The molecule has 1 unspecified atom stereocenters. The molecule has 0 aliphatic carbocycles. The van der Waals surface area contributed by atoms with E-state index < -0.39 is 22.7 Å². The fourth-order valence-electron chi connectivity index (χ4n) is 2.75. The second-order valence-corrected chi connectivity index (χ2v) is 7.66. The molecule has 12 heteroatoms. The number of benzene rings is 1. The molecule has 0 saturated carbocycles. The Hall–Kier alpha value is -1.12. The van der Waals surface area contributed by atoms with Crippen LogP contribution in [-0.2, 0) is 16.6 Å². The molecule has 1 fully saturated rings. The first-order valence-corrected chi connectivity index (χ1v) is 9.49. The summed E-state index contributed by atoms with van der Waals surface area (Å²) in [5, 5.41) is 11.2. The van der Waals surface area contributed by atoms with Crippen LogP contribution in [0.1, 0.15) is 12.0 Å². The number of hydrogen-bond donors (Lipinski definition) is 3. The highest BCUT2D eigenvalue weighted by molar-refractivity contribution is 14.0. The minimum atomic E-state index is -4.21. The summed E-state index contributed by atoms with van der Waals surface area (Å²) in [6, 6.07) is 6.03. The van der Waals surface area contributed by atoms with Crippen molar-refractivity contribution in [2.75, 3.05) is 26.7 Å². The third-order valence-electron chi connectivity index (χ3n) is 3.93. The molecule has 27 heavy (non-hydrogen) atoms. The molecular weight excluding hydrogens is 498 g/mol. The van der Waals surface area contributed by atoms with Gasteiger partial charge in [-0.05, 0) is 24.1 Å². The van der Waals surface area contributed by atoms with E-state index in [0.717, 1.165) is 0 Å². The Balaban J connectivity index is 0.00000364. The maximum atomic E-state index is 12.4. The number of rotatable bonds is 5. The lowest BCUT2D eigenvalue weighted by Gasteiger charge is -2.20. The summed E-state index contributed by atoms with van der Waals surface area (Å²) >= 11 is 0. The third-order valence-corrected chi connectivity index (χ3v) is 4.84. The average Bonchev–Trinajstić information content (AvgIpc) is 2.95. The van der Waals surface area contributed by atoms with Gasteiger partial charge in [-0.15, -0.1) is 24.0 Å². The summed E-state index contributed by atoms with van der Waals surface area (Å²) in [5.41, 5.74) is 0.685. The quantitative estimate of drug-likeness (QED) is 0.308. The van der Waals surface area contributed by atoms with E-state index in [9.17, 15) is 21.6 Å². The fraction of sp³-hybridized carbons (Fsp3) is 0.533. The first-order valence-electron chi connectivity index (χ1n) is 7.95. The smallest absolute Gasteiger partial charge is 0.352 e. The average molecular weight is 521 g/mol. The number of likely N-dealkylation sites (tertiary alicyclic amines) is 1. The Morgan fingerprint density at radius 2 is 2.11 bits per heavy atom. The van der Waals surface area contributed by atoms with Crippen molar-refractivity contribution in [3.63, 3.8) is 0 Å². The van der Waals surface area contributed by atoms with E-state index in [1.54, 1.807) is 19.2 Å². The summed E-state index contributed by atoms with van der Waals surface area (Å²) in [6.07, 6.45) is -3.62. The van der Waals surface area contributed by atoms with E-state index in [0.29, 0.717) is 31.0 Å². The van der Waals surface area contributed by atoms with Gasteiger partial charge in [0.15, 0.2) is 5.96 Å². The predicted molar refractivity (Wildman–Crippen MR) is 107 cm³/mol. The number of nitrogens with one attached hydrogen (secondary N) is 2. The van der Waals surface area contributed by atoms with E-state index in [2.05, 4.69) is 15.6 Å². The molecule has 1 aliphatic rings. The van der Waals surface area contributed by atoms with Crippen LogP contribution in [0.25, 0.3) is 0 Å². The van der Waals surface area contributed by atoms with Gasteiger partial charge in [0.25, 0.3) is 0 Å². The van der Waals surface area contributed by atoms with Gasteiger partial charge < -0.3 is 10.6 Å². The molecule has 7 nitrogen and oxygen atoms in total. The Morgan fingerprint density at radius 1 is 1.41 bits per heavy atom. The Bertz CT molecular complexity index is 758. The molecule has 1 saturated heterocycles. The van der Waals surface area contributed by atoms with Crippen LogP contribution in [0.15, 0.2) is 34.2 Å². The van der Waals surface area contributed by atoms with Crippen LogP contribution in [0.5, 0.6) is 0 Å². The number of alkyl halides is 3. The second kappa shape index (κ2) is 9.89. The van der Waals surface area contributed by atoms with Crippen LogP contribution < -0.4 is 15.8 Å². The van der Waals surface area contributed by atoms with Crippen LogP contribution in [-0.4, -0.2) is 58.2 Å². The van der Waals surface area contributed by atoms with Gasteiger partial charge in [0, 0.05) is 32.7 Å². The van der Waals surface area contributed by atoms with Crippen LogP contribution in [0.2, 0.25) is 0 Å². The molecule has 1 aromatic carbocycles. The molecule has 1 aliphatic heterocycles. The minimum absolute atomic E-state index is 0. The molecule has 1 atom stereocenters. The van der Waals surface area contributed by atoms with Gasteiger partial charge in [-0.2, -0.15) is 13.2 Å². The number of sulfonamides is 1. The van der Waals surface area contributed by atoms with Gasteiger partial charge >= 0.3 is 6.18 Å². The highest BCUT2D eigenvalue weighted by atomic mass is 127. The van der Waals surface area contributed by atoms with Crippen molar-refractivity contribution in [2.45, 2.75) is 30.1 Å². The number of nitrogens with zero attached hydrogens (tertiary/aromatic N) is 2. The van der Waals surface area contributed by atoms with Crippen LogP contribution in [0, 0.1) is 0 Å². The summed E-state index contributed by atoms with van der Waals surface area (Å²) in [7, 11) is -2.23. The lowest BCUT2D eigenvalue weighted by atomic mass is 10.2. The summed E-state index contributed by atoms with van der Waals surface area (Å²) in [4.78, 5) is 5.41. The fourth-order valence-corrected chi connectivity index (χ4v) is 3.34. The largest absolute Gasteiger partial charge is 0.401 e. The number of hydrogen-bond acceptors (Lipinski definition) is 4. The first kappa shape index (κ1) is 23.9. The molecular formula is C15H23F3IN5O2S. The lowest BCUT2D eigenvalue weighted by molar-refractivity contribution is -0.143. The minimum Gasteiger partial charge on any atom is -0.352 e. The number of nitrogens with two attached hydrogens (primary N) is 1. The Morgan fingerprint density at radius 3 is 2.70 bits per heavy atom. The number of halogens is 4. The zero-order valence-corrected chi connectivity index (χ0v) is 17.8. The molecule has 4 N–H and O–H groups in total. The second-order valence-electron chi connectivity index (χ2n) is 6.10. The molecule has 1 aromatic rings. The standard InChI is InChI=1S/C15H22F3N5O2S.HI/c1-20-14(22-12-5-6-23(9-12)10-15(16,17)18)21-8-11-3-2-4-13(7-11)26(19,24)25;/h2-4,7,12H,5-6,8-10H2,1H3,(H2,19,24,25)(H2,20,21,22);1H. The van der Waals surface area contributed by atoms with Gasteiger partial charge in [-0.1, -0.05) is 12.1 Å². The molecule has 154 valence electrons. The summed E-state index contributed by atoms with van der Waals surface area (Å²) in [6.45, 7) is 0.0191. The van der Waals surface area contributed by atoms with Crippen molar-refractivity contribution in [3.8, 4) is 0 Å². The zero-order chi connectivity index (χ0) is 19.4. The summed E-state index contributed by atoms with van der Waals surface area (Å²) < 4.78 is 60.1. The topological polar surface area (TPSA) is 99.8 Å². The van der Waals surface area contributed by atoms with Gasteiger partial charge in [0.05, 0.1) is 11.4 Å². The van der Waals surface area contributed by atoms with Crippen molar-refractivity contribution in [1.29, 1.82) is 0 Å². The maximum Gasteiger partial charge on any atom is 0.401 e. The summed E-state index contributed by atoms with van der Waals surface area (Å²) in [5.74, 6) is 0.435. The lowest BCUT2D eigenvalue weighted by Crippen LogP contribution is -2.44. The van der Waals surface area contributed by atoms with Gasteiger partial charge in [-0.25, -0.2) is 13.6 Å². The SMILES string of the molecule is CN=C(NCc1cccc(S(N)(=O)=O)c1)NC1CCN(CC(F)(F)F)C1.I. The maximum absolute atomic E-state index is 12.4. The molecule has 1 heterocycles. The molecule has 0 amide bonds. The number of guanidine groups is 1. The van der Waals surface area contributed by atoms with Crippen molar-refractivity contribution in [3.05, 3.63) is 29.8 Å². The van der Waals surface area contributed by atoms with Crippen LogP contribution in [0.4, 0.5) is 13.2 Å². The van der Waals surface area contributed by atoms with E-state index in [4.69, 9.17) is 5.14 Å². The zero-order valence-electron chi connectivity index (χ0n) is 14.7. The molecule has 2 rings (SSSR count). The van der Waals surface area contributed by atoms with E-state index >= 15 is 0 Å². The van der Waals surface area contributed by atoms with E-state index in [1.807, 2.05) is 0 Å². The number of aliphatic imine (C=N–C) groups is 1. The van der Waals surface area contributed by atoms with E-state index in [-0.39, 0.29) is 41.5 Å². The first-order chi connectivity index (χ1) is 12.1. The van der Waals surface area contributed by atoms with Crippen LogP contribution in [0.3, 0.4) is 0 Å². The third kappa shape index (κ3) is 8.19. The van der Waals surface area contributed by atoms with Gasteiger partial charge in [-0.3, -0.25) is 9.89 Å². The highest BCUT2D eigenvalue weighted by Crippen LogP contribution is 2.19. The van der Waals surface area contributed by atoms with Crippen molar-refractivity contribution < 1.29 is 21.6 Å². The highest BCUT2D eigenvalue weighted by Gasteiger charge is 2.34. The monoisotopic (exact) mass is 521 g/mol. The predicted octanol–water partition coefficient (Wildman–Crippen LogP) is 1.25. The van der Waals surface area contributed by atoms with Crippen LogP contribution >= 0.6 is 24.0 Å². The molecule has 0 aromatic heterocycles. The molecule has 0 radical (unpaired) electrons. The van der Waals surface area contributed by atoms with Crippen molar-refractivity contribution in [2.24, 2.45) is 10.1 Å².